The molecule has 30 heavy (non-hydrogen) atoms. The molecule has 0 aromatic heterocycles. The average Bonchev–Trinajstić information content (AvgIpc) is 2.78. The van der Waals surface area contributed by atoms with Crippen LogP contribution in [0.2, 0.25) is 0 Å². The van der Waals surface area contributed by atoms with Crippen LogP contribution >= 0.6 is 0 Å². The molecule has 1 fully saturated rings. The van der Waals surface area contributed by atoms with Crippen LogP contribution in [0.3, 0.4) is 0 Å². The van der Waals surface area contributed by atoms with E-state index in [0.717, 1.165) is 19.3 Å². The lowest BCUT2D eigenvalue weighted by atomic mass is 9.82. The second-order valence-electron chi connectivity index (χ2n) is 8.41. The van der Waals surface area contributed by atoms with Gasteiger partial charge in [-0.2, -0.15) is 0 Å². The molecule has 7 nitrogen and oxygen atoms in total. The fraction of sp³-hybridized carbons (Fsp3) is 0.696. The molecule has 7 heteroatoms. The lowest BCUT2D eigenvalue weighted by molar-refractivity contribution is -0.137. The van der Waals surface area contributed by atoms with E-state index < -0.39 is 30.5 Å². The molecule has 5 N–H and O–H groups in total. The summed E-state index contributed by atoms with van der Waals surface area (Å²) >= 11 is 0. The van der Waals surface area contributed by atoms with Gasteiger partial charge in [-0.25, -0.2) is 0 Å². The van der Waals surface area contributed by atoms with E-state index in [0.29, 0.717) is 12.1 Å². The zero-order valence-electron chi connectivity index (χ0n) is 18.0. The predicted octanol–water partition coefficient (Wildman–Crippen LogP) is 1.30. The molecule has 1 amide bonds. The quantitative estimate of drug-likeness (QED) is 0.325. The second-order valence-corrected chi connectivity index (χ2v) is 8.41. The molecule has 4 atom stereocenters. The van der Waals surface area contributed by atoms with Crippen molar-refractivity contribution in [2.75, 3.05) is 26.2 Å². The van der Waals surface area contributed by atoms with Crippen LogP contribution in [-0.2, 0) is 0 Å². The minimum Gasteiger partial charge on any atom is -0.394 e. The summed E-state index contributed by atoms with van der Waals surface area (Å²) in [4.78, 5) is 14.8. The first kappa shape index (κ1) is 24.8. The van der Waals surface area contributed by atoms with Gasteiger partial charge in [0.05, 0.1) is 18.2 Å². The number of rotatable bonds is 12. The normalized spacial score (nSPS) is 26.5. The molecule has 0 spiro atoms. The van der Waals surface area contributed by atoms with Gasteiger partial charge < -0.3 is 30.6 Å². The minimum absolute atomic E-state index is 0.0313. The highest BCUT2D eigenvalue weighted by atomic mass is 16.4. The number of unbranched alkanes of at least 4 members (excludes halogenated alkanes) is 6. The maximum Gasteiger partial charge on any atom is 0.253 e. The number of nitrogens with zero attached hydrogens (tertiary/aromatic N) is 1. The summed E-state index contributed by atoms with van der Waals surface area (Å²) in [6.07, 6.45) is 3.91. The third-order valence-electron chi connectivity index (χ3n) is 6.04. The average molecular weight is 423 g/mol. The standard InChI is InChI=1S/C23H38N2O5/c1-2-3-4-5-6-7-11-14-25(22(30)18-12-9-8-10-13-18)16-23(17-26)21(29)20(28)19(27)15-24-23/h8-10,12-13,19-21,24,26-29H,2-7,11,14-17H2,1H3. The Bertz CT molecular complexity index is 629. The van der Waals surface area contributed by atoms with Crippen molar-refractivity contribution in [3.8, 4) is 0 Å². The predicted molar refractivity (Wildman–Crippen MR) is 116 cm³/mol. The summed E-state index contributed by atoms with van der Waals surface area (Å²) in [6, 6.07) is 8.93. The van der Waals surface area contributed by atoms with Gasteiger partial charge in [-0.1, -0.05) is 63.6 Å². The summed E-state index contributed by atoms with van der Waals surface area (Å²) < 4.78 is 0. The van der Waals surface area contributed by atoms with E-state index in [4.69, 9.17) is 0 Å². The molecule has 1 heterocycles. The molecular formula is C23H38N2O5. The second kappa shape index (κ2) is 12.4. The number of aliphatic hydroxyl groups is 4. The van der Waals surface area contributed by atoms with Gasteiger partial charge in [0.2, 0.25) is 0 Å². The molecular weight excluding hydrogens is 384 g/mol. The number of nitrogens with one attached hydrogen (secondary N) is 1. The maximum absolute atomic E-state index is 13.2. The third-order valence-corrected chi connectivity index (χ3v) is 6.04. The fourth-order valence-electron chi connectivity index (χ4n) is 4.04. The molecule has 0 radical (unpaired) electrons. The van der Waals surface area contributed by atoms with E-state index in [-0.39, 0.29) is 19.0 Å². The molecule has 2 rings (SSSR count). The number of amides is 1. The Morgan fingerprint density at radius 3 is 2.33 bits per heavy atom. The van der Waals surface area contributed by atoms with Crippen LogP contribution in [0, 0.1) is 0 Å². The third kappa shape index (κ3) is 6.49. The number of hydrogen-bond donors (Lipinski definition) is 5. The highest BCUT2D eigenvalue weighted by molar-refractivity contribution is 5.94. The van der Waals surface area contributed by atoms with E-state index in [9.17, 15) is 25.2 Å². The van der Waals surface area contributed by atoms with Crippen LogP contribution in [0.15, 0.2) is 30.3 Å². The van der Waals surface area contributed by atoms with Crippen molar-refractivity contribution < 1.29 is 25.2 Å². The molecule has 4 unspecified atom stereocenters. The van der Waals surface area contributed by atoms with Crippen LogP contribution in [-0.4, -0.2) is 81.3 Å². The van der Waals surface area contributed by atoms with Crippen molar-refractivity contribution in [3.63, 3.8) is 0 Å². The molecule has 1 aliphatic heterocycles. The number of piperidine rings is 1. The van der Waals surface area contributed by atoms with Crippen molar-refractivity contribution >= 4 is 5.91 Å². The number of benzene rings is 1. The van der Waals surface area contributed by atoms with Gasteiger partial charge >= 0.3 is 0 Å². The number of carbonyl (C=O) groups is 1. The molecule has 170 valence electrons. The monoisotopic (exact) mass is 422 g/mol. The van der Waals surface area contributed by atoms with Gasteiger partial charge in [-0.15, -0.1) is 0 Å². The van der Waals surface area contributed by atoms with E-state index in [1.165, 1.54) is 25.7 Å². The smallest absolute Gasteiger partial charge is 0.253 e. The van der Waals surface area contributed by atoms with Gasteiger partial charge in [-0.3, -0.25) is 4.79 Å². The summed E-state index contributed by atoms with van der Waals surface area (Å²) in [5.41, 5.74) is -0.746. The van der Waals surface area contributed by atoms with E-state index in [1.807, 2.05) is 6.07 Å². The first-order valence-corrected chi connectivity index (χ1v) is 11.2. The zero-order chi connectivity index (χ0) is 22.0. The Hall–Kier alpha value is -1.51. The summed E-state index contributed by atoms with van der Waals surface area (Å²) in [7, 11) is 0. The number of hydrogen-bond acceptors (Lipinski definition) is 6. The van der Waals surface area contributed by atoms with Crippen LogP contribution < -0.4 is 5.32 Å². The largest absolute Gasteiger partial charge is 0.394 e. The Labute approximate surface area is 179 Å². The van der Waals surface area contributed by atoms with E-state index >= 15 is 0 Å². The van der Waals surface area contributed by atoms with E-state index in [2.05, 4.69) is 12.2 Å². The highest BCUT2D eigenvalue weighted by Crippen LogP contribution is 2.23. The molecule has 1 saturated heterocycles. The Balaban J connectivity index is 2.07. The number of aliphatic hydroxyl groups excluding tert-OH is 4. The van der Waals surface area contributed by atoms with Gasteiger partial charge in [0.25, 0.3) is 5.91 Å². The highest BCUT2D eigenvalue weighted by Gasteiger charge is 2.49. The summed E-state index contributed by atoms with van der Waals surface area (Å²) in [5, 5.41) is 43.6. The van der Waals surface area contributed by atoms with Crippen molar-refractivity contribution in [2.24, 2.45) is 0 Å². The Morgan fingerprint density at radius 1 is 1.07 bits per heavy atom. The van der Waals surface area contributed by atoms with Crippen molar-refractivity contribution in [1.29, 1.82) is 0 Å². The summed E-state index contributed by atoms with van der Waals surface area (Å²) in [5.74, 6) is -0.177. The first-order chi connectivity index (χ1) is 14.4. The number of carbonyl (C=O) groups excluding carboxylic acids is 1. The Morgan fingerprint density at radius 2 is 1.70 bits per heavy atom. The van der Waals surface area contributed by atoms with Crippen LogP contribution in [0.25, 0.3) is 0 Å². The van der Waals surface area contributed by atoms with Crippen LogP contribution in [0.1, 0.15) is 62.2 Å². The van der Waals surface area contributed by atoms with Gasteiger partial charge in [0, 0.05) is 25.2 Å². The molecule has 0 aliphatic carbocycles. The lowest BCUT2D eigenvalue weighted by Crippen LogP contribution is -2.73. The topological polar surface area (TPSA) is 113 Å². The van der Waals surface area contributed by atoms with Crippen molar-refractivity contribution in [2.45, 2.75) is 75.7 Å². The van der Waals surface area contributed by atoms with Gasteiger partial charge in [0.1, 0.15) is 12.2 Å². The summed E-state index contributed by atoms with van der Waals surface area (Å²) in [6.45, 7) is 2.29. The molecule has 0 saturated carbocycles. The van der Waals surface area contributed by atoms with E-state index in [1.54, 1.807) is 29.2 Å². The first-order valence-electron chi connectivity index (χ1n) is 11.2. The van der Waals surface area contributed by atoms with Crippen molar-refractivity contribution in [3.05, 3.63) is 35.9 Å². The minimum atomic E-state index is -1.40. The number of β-amino-alcohol motifs (C(OH)–C–C–N with tert-alkyl or cyclic N) is 1. The molecule has 1 aromatic carbocycles. The SMILES string of the molecule is CCCCCCCCCN(CC1(CO)NCC(O)C(O)C1O)C(=O)c1ccccc1. The molecule has 1 aromatic rings. The van der Waals surface area contributed by atoms with Gasteiger partial charge in [-0.05, 0) is 18.6 Å². The van der Waals surface area contributed by atoms with Crippen LogP contribution in [0.4, 0.5) is 0 Å². The van der Waals surface area contributed by atoms with Crippen molar-refractivity contribution in [1.82, 2.24) is 10.2 Å². The fourth-order valence-corrected chi connectivity index (χ4v) is 4.04. The van der Waals surface area contributed by atoms with Gasteiger partial charge in [0.15, 0.2) is 0 Å². The van der Waals surface area contributed by atoms with Crippen LogP contribution in [0.5, 0.6) is 0 Å². The Kier molecular flexibility index (Phi) is 10.2. The lowest BCUT2D eigenvalue weighted by Gasteiger charge is -2.47. The zero-order valence-corrected chi connectivity index (χ0v) is 18.0. The maximum atomic E-state index is 13.2. The molecule has 0 bridgehead atoms. The molecule has 1 aliphatic rings.